The molecular weight excluding hydrogens is 425 g/mol. The topological polar surface area (TPSA) is 33.6 Å². The van der Waals surface area contributed by atoms with Crippen molar-refractivity contribution in [3.05, 3.63) is 103 Å². The van der Waals surface area contributed by atoms with Gasteiger partial charge in [0.05, 0.1) is 28.2 Å². The van der Waals surface area contributed by atoms with Gasteiger partial charge >= 0.3 is 0 Å². The van der Waals surface area contributed by atoms with E-state index in [2.05, 4.69) is 106 Å². The highest BCUT2D eigenvalue weighted by Gasteiger charge is 2.40. The van der Waals surface area contributed by atoms with E-state index in [4.69, 9.17) is 0 Å². The number of hydrogen-bond acceptors (Lipinski definition) is 1. The molecule has 0 unspecified atom stereocenters. The van der Waals surface area contributed by atoms with E-state index in [0.717, 1.165) is 0 Å². The van der Waals surface area contributed by atoms with Crippen LogP contribution in [0.25, 0.3) is 55.0 Å². The predicted molar refractivity (Wildman–Crippen MR) is 144 cm³/mol. The first-order valence-electron chi connectivity index (χ1n) is 12.0. The Bertz CT molecular complexity index is 2140. The summed E-state index contributed by atoms with van der Waals surface area (Å²) in [6.07, 6.45) is 0. The maximum atomic E-state index is 9.79. The van der Waals surface area contributed by atoms with Crippen LogP contribution in [-0.4, -0.2) is 15.8 Å². The molecule has 2 aliphatic heterocycles. The van der Waals surface area contributed by atoms with Crippen LogP contribution in [0.5, 0.6) is 0 Å². The number of para-hydroxylation sites is 3. The van der Waals surface area contributed by atoms with Crippen LogP contribution >= 0.6 is 0 Å². The third-order valence-electron chi connectivity index (χ3n) is 8.13. The summed E-state index contributed by atoms with van der Waals surface area (Å²) in [6, 6.07) is 37.3. The van der Waals surface area contributed by atoms with Crippen LogP contribution < -0.4 is 16.4 Å². The predicted octanol–water partition coefficient (Wildman–Crippen LogP) is 4.90. The van der Waals surface area contributed by atoms with Gasteiger partial charge in [0, 0.05) is 38.4 Å². The summed E-state index contributed by atoms with van der Waals surface area (Å²) in [4.78, 5) is 0. The Balaban J connectivity index is 1.61. The van der Waals surface area contributed by atoms with Crippen LogP contribution in [-0.2, 0) is 0 Å². The number of rotatable bonds is 0. The minimum atomic E-state index is 0.0781. The summed E-state index contributed by atoms with van der Waals surface area (Å²) < 4.78 is 4.89. The lowest BCUT2D eigenvalue weighted by atomic mass is 9.34. The number of nitriles is 1. The molecule has 2 aliphatic rings. The Morgan fingerprint density at radius 3 is 2.00 bits per heavy atom. The van der Waals surface area contributed by atoms with Crippen LogP contribution in [0.3, 0.4) is 0 Å². The molecule has 35 heavy (non-hydrogen) atoms. The normalized spacial score (nSPS) is 13.1. The summed E-state index contributed by atoms with van der Waals surface area (Å²) in [6.45, 7) is 0.0781. The van der Waals surface area contributed by atoms with Gasteiger partial charge in [-0.05, 0) is 52.8 Å². The standard InChI is InChI=1S/C31H16BN3/c33-17-18-12-14-27-24(16-18)32-23-9-5-8-21-19-6-1-4-11-26(19)35(30(21)23)28-15-13-22-20-7-2-3-10-25(20)34(27)31(22)29(28)32/h1-16H. The summed E-state index contributed by atoms with van der Waals surface area (Å²) in [5.74, 6) is 0. The first-order valence-corrected chi connectivity index (χ1v) is 12.0. The van der Waals surface area contributed by atoms with Gasteiger partial charge in [-0.3, -0.25) is 0 Å². The zero-order valence-corrected chi connectivity index (χ0v) is 18.7. The van der Waals surface area contributed by atoms with Crippen molar-refractivity contribution in [3.63, 3.8) is 0 Å². The molecule has 0 saturated carbocycles. The van der Waals surface area contributed by atoms with Crippen molar-refractivity contribution >= 4 is 66.7 Å². The largest absolute Gasteiger partial charge is 0.310 e. The lowest BCUT2D eigenvalue weighted by Gasteiger charge is -2.33. The maximum Gasteiger partial charge on any atom is 0.252 e. The van der Waals surface area contributed by atoms with Gasteiger partial charge in [-0.15, -0.1) is 0 Å². The van der Waals surface area contributed by atoms with E-state index in [1.807, 2.05) is 6.07 Å². The Labute approximate surface area is 201 Å². The molecule has 0 aliphatic carbocycles. The molecule has 0 N–H and O–H groups in total. The van der Waals surface area contributed by atoms with Crippen molar-refractivity contribution < 1.29 is 0 Å². The van der Waals surface area contributed by atoms with E-state index in [1.165, 1.54) is 71.4 Å². The van der Waals surface area contributed by atoms with Crippen molar-refractivity contribution in [2.24, 2.45) is 0 Å². The molecule has 4 heteroatoms. The molecule has 0 spiro atoms. The first-order chi connectivity index (χ1) is 17.3. The lowest BCUT2D eigenvalue weighted by molar-refractivity contribution is 1.16. The molecule has 7 aromatic rings. The van der Waals surface area contributed by atoms with Crippen LogP contribution in [0.1, 0.15) is 5.56 Å². The minimum absolute atomic E-state index is 0.0781. The number of aromatic nitrogens is 2. The van der Waals surface area contributed by atoms with E-state index < -0.39 is 0 Å². The SMILES string of the molecule is N#Cc1ccc2c(c1)B1c3cccc4c5ccccc5n(c34)-c3ccc4c5ccccc5n-2c4c31. The second-order valence-electron chi connectivity index (χ2n) is 9.66. The average Bonchev–Trinajstić information content (AvgIpc) is 3.44. The molecule has 158 valence electrons. The number of nitrogens with zero attached hydrogens (tertiary/aromatic N) is 3. The average molecular weight is 441 g/mol. The zero-order valence-electron chi connectivity index (χ0n) is 18.7. The monoisotopic (exact) mass is 441 g/mol. The van der Waals surface area contributed by atoms with Gasteiger partial charge in [0.1, 0.15) is 0 Å². The van der Waals surface area contributed by atoms with Gasteiger partial charge in [-0.2, -0.15) is 5.26 Å². The summed E-state index contributed by atoms with van der Waals surface area (Å²) in [5.41, 5.74) is 12.0. The Hall–Kier alpha value is -4.75. The highest BCUT2D eigenvalue weighted by Crippen LogP contribution is 2.39. The highest BCUT2D eigenvalue weighted by atomic mass is 15.0. The molecular formula is C31H16BN3. The highest BCUT2D eigenvalue weighted by molar-refractivity contribution is 7.00. The van der Waals surface area contributed by atoms with E-state index >= 15 is 0 Å². The third-order valence-corrected chi connectivity index (χ3v) is 8.13. The Morgan fingerprint density at radius 1 is 0.571 bits per heavy atom. The fraction of sp³-hybridized carbons (Fsp3) is 0. The molecule has 3 nitrogen and oxygen atoms in total. The lowest BCUT2D eigenvalue weighted by Crippen LogP contribution is -2.59. The molecule has 0 fully saturated rings. The molecule has 0 atom stereocenters. The van der Waals surface area contributed by atoms with Crippen LogP contribution in [0.2, 0.25) is 0 Å². The van der Waals surface area contributed by atoms with Crippen LogP contribution in [0, 0.1) is 11.3 Å². The Kier molecular flexibility index (Phi) is 2.95. The number of benzene rings is 5. The summed E-state index contributed by atoms with van der Waals surface area (Å²) in [7, 11) is 0. The van der Waals surface area contributed by atoms with Gasteiger partial charge in [-0.1, -0.05) is 60.7 Å². The fourth-order valence-electron chi connectivity index (χ4n) is 6.87. The van der Waals surface area contributed by atoms with Gasteiger partial charge in [0.15, 0.2) is 0 Å². The molecule has 9 rings (SSSR count). The third kappa shape index (κ3) is 1.89. The van der Waals surface area contributed by atoms with Gasteiger partial charge in [-0.25, -0.2) is 0 Å². The van der Waals surface area contributed by atoms with E-state index in [1.54, 1.807) is 0 Å². The molecule has 5 aromatic carbocycles. The minimum Gasteiger partial charge on any atom is -0.310 e. The van der Waals surface area contributed by atoms with Crippen molar-refractivity contribution in [1.82, 2.24) is 9.13 Å². The molecule has 0 amide bonds. The van der Waals surface area contributed by atoms with Crippen molar-refractivity contribution in [2.45, 2.75) is 0 Å². The zero-order chi connectivity index (χ0) is 22.8. The maximum absolute atomic E-state index is 9.79. The van der Waals surface area contributed by atoms with E-state index in [9.17, 15) is 5.26 Å². The van der Waals surface area contributed by atoms with E-state index in [-0.39, 0.29) is 6.71 Å². The van der Waals surface area contributed by atoms with Gasteiger partial charge in [0.2, 0.25) is 0 Å². The summed E-state index contributed by atoms with van der Waals surface area (Å²) in [5, 5.41) is 14.9. The second kappa shape index (κ2) is 5.84. The fourth-order valence-corrected chi connectivity index (χ4v) is 6.87. The van der Waals surface area contributed by atoms with Gasteiger partial charge in [0.25, 0.3) is 6.71 Å². The van der Waals surface area contributed by atoms with Crippen LogP contribution in [0.15, 0.2) is 97.1 Å². The van der Waals surface area contributed by atoms with Crippen LogP contribution in [0.4, 0.5) is 0 Å². The molecule has 0 bridgehead atoms. The second-order valence-corrected chi connectivity index (χ2v) is 9.66. The first kappa shape index (κ1) is 17.7. The summed E-state index contributed by atoms with van der Waals surface area (Å²) >= 11 is 0. The molecule has 4 heterocycles. The van der Waals surface area contributed by atoms with Crippen molar-refractivity contribution in [3.8, 4) is 17.4 Å². The Morgan fingerprint density at radius 2 is 1.23 bits per heavy atom. The molecule has 0 saturated heterocycles. The quantitative estimate of drug-likeness (QED) is 0.309. The van der Waals surface area contributed by atoms with Crippen molar-refractivity contribution in [2.75, 3.05) is 0 Å². The number of fused-ring (bicyclic) bond motifs is 11. The molecule has 0 radical (unpaired) electrons. The van der Waals surface area contributed by atoms with Gasteiger partial charge < -0.3 is 9.13 Å². The number of hydrogen-bond donors (Lipinski definition) is 0. The van der Waals surface area contributed by atoms with Crippen molar-refractivity contribution in [1.29, 1.82) is 5.26 Å². The molecule has 2 aromatic heterocycles. The smallest absolute Gasteiger partial charge is 0.252 e. The van der Waals surface area contributed by atoms with E-state index in [0.29, 0.717) is 5.56 Å².